The van der Waals surface area contributed by atoms with Crippen LogP contribution in [0.5, 0.6) is 5.75 Å². The van der Waals surface area contributed by atoms with Crippen LogP contribution in [-0.2, 0) is 9.59 Å². The van der Waals surface area contributed by atoms with E-state index in [9.17, 15) is 19.7 Å². The predicted molar refractivity (Wildman–Crippen MR) is 95.7 cm³/mol. The molecule has 1 aliphatic heterocycles. The Labute approximate surface area is 158 Å². The van der Waals surface area contributed by atoms with Crippen LogP contribution >= 0.6 is 23.2 Å². The van der Waals surface area contributed by atoms with E-state index in [4.69, 9.17) is 27.9 Å². The highest BCUT2D eigenvalue weighted by atomic mass is 35.5. The van der Waals surface area contributed by atoms with Crippen LogP contribution in [0.3, 0.4) is 0 Å². The van der Waals surface area contributed by atoms with Gasteiger partial charge in [0.1, 0.15) is 5.75 Å². The summed E-state index contributed by atoms with van der Waals surface area (Å²) in [6.45, 7) is 0.116. The van der Waals surface area contributed by atoms with Crippen molar-refractivity contribution in [3.05, 3.63) is 62.6 Å². The van der Waals surface area contributed by atoms with Crippen molar-refractivity contribution >= 4 is 46.5 Å². The largest absolute Gasteiger partial charge is 0.426 e. The number of nitrogens with zero attached hydrogens (tertiary/aromatic N) is 2. The molecule has 2 aromatic rings. The third kappa shape index (κ3) is 3.79. The Morgan fingerprint density at radius 2 is 1.88 bits per heavy atom. The minimum atomic E-state index is -0.673. The molecule has 0 radical (unpaired) electrons. The Hall–Kier alpha value is -2.64. The van der Waals surface area contributed by atoms with Gasteiger partial charge in [-0.05, 0) is 30.3 Å². The molecular formula is C17H12Cl2N2O5. The van der Waals surface area contributed by atoms with E-state index in [1.165, 1.54) is 29.2 Å². The van der Waals surface area contributed by atoms with E-state index in [-0.39, 0.29) is 30.3 Å². The van der Waals surface area contributed by atoms with E-state index < -0.39 is 16.8 Å². The molecule has 1 heterocycles. The lowest BCUT2D eigenvalue weighted by Gasteiger charge is -2.18. The summed E-state index contributed by atoms with van der Waals surface area (Å²) in [4.78, 5) is 36.1. The molecule has 1 aliphatic rings. The highest BCUT2D eigenvalue weighted by molar-refractivity contribution is 6.35. The number of nitro benzene ring substituents is 1. The number of carbonyl (C=O) groups excluding carboxylic acids is 2. The van der Waals surface area contributed by atoms with Crippen molar-refractivity contribution in [2.24, 2.45) is 5.92 Å². The number of nitro groups is 1. The Balaban J connectivity index is 1.70. The molecule has 1 saturated heterocycles. The second-order valence-corrected chi connectivity index (χ2v) is 6.52. The maximum Gasteiger partial charge on any atom is 0.316 e. The van der Waals surface area contributed by atoms with Crippen molar-refractivity contribution in [2.45, 2.75) is 6.42 Å². The monoisotopic (exact) mass is 394 g/mol. The van der Waals surface area contributed by atoms with Crippen LogP contribution in [0.15, 0.2) is 42.5 Å². The second-order valence-electron chi connectivity index (χ2n) is 5.67. The van der Waals surface area contributed by atoms with Crippen LogP contribution in [0.4, 0.5) is 11.4 Å². The molecule has 1 amide bonds. The van der Waals surface area contributed by atoms with Gasteiger partial charge >= 0.3 is 5.97 Å². The summed E-state index contributed by atoms with van der Waals surface area (Å²) in [5.74, 6) is -1.35. The summed E-state index contributed by atoms with van der Waals surface area (Å²) in [6.07, 6.45) is -0.0192. The number of esters is 1. The van der Waals surface area contributed by atoms with E-state index in [2.05, 4.69) is 0 Å². The Bertz CT molecular complexity index is 885. The summed E-state index contributed by atoms with van der Waals surface area (Å²) in [5.41, 5.74) is 0.331. The number of amides is 1. The zero-order chi connectivity index (χ0) is 18.8. The fourth-order valence-corrected chi connectivity index (χ4v) is 3.01. The summed E-state index contributed by atoms with van der Waals surface area (Å²) >= 11 is 12.1. The van der Waals surface area contributed by atoms with Crippen molar-refractivity contribution in [3.8, 4) is 5.75 Å². The fraction of sp³-hybridized carbons (Fsp3) is 0.176. The molecule has 0 spiro atoms. The summed E-state index contributed by atoms with van der Waals surface area (Å²) < 4.78 is 5.22. The lowest BCUT2D eigenvalue weighted by atomic mass is 10.1. The number of hydrogen-bond acceptors (Lipinski definition) is 5. The lowest BCUT2D eigenvalue weighted by Crippen LogP contribution is -2.27. The molecule has 0 aliphatic carbocycles. The molecule has 0 bridgehead atoms. The maximum atomic E-state index is 12.3. The molecule has 0 unspecified atom stereocenters. The van der Waals surface area contributed by atoms with Gasteiger partial charge in [0.2, 0.25) is 5.91 Å². The zero-order valence-corrected chi connectivity index (χ0v) is 14.7. The first kappa shape index (κ1) is 18.2. The van der Waals surface area contributed by atoms with E-state index in [1.54, 1.807) is 18.2 Å². The Morgan fingerprint density at radius 3 is 2.54 bits per heavy atom. The molecule has 7 nitrogen and oxygen atoms in total. The van der Waals surface area contributed by atoms with Gasteiger partial charge in [0.15, 0.2) is 0 Å². The topological polar surface area (TPSA) is 89.7 Å². The standard InChI is InChI=1S/C17H12Cl2N2O5/c18-11-1-6-14(19)15(8-11)20-9-10(7-16(20)22)17(23)26-13-4-2-12(3-5-13)21(24)25/h1-6,8,10H,7,9H2/t10-/m0/s1. The first-order valence-corrected chi connectivity index (χ1v) is 8.32. The highest BCUT2D eigenvalue weighted by Gasteiger charge is 2.37. The lowest BCUT2D eigenvalue weighted by molar-refractivity contribution is -0.384. The summed E-state index contributed by atoms with van der Waals surface area (Å²) in [6, 6.07) is 9.88. The van der Waals surface area contributed by atoms with Crippen LogP contribution < -0.4 is 9.64 Å². The number of non-ortho nitro benzene ring substituents is 1. The molecule has 134 valence electrons. The van der Waals surface area contributed by atoms with Gasteiger partial charge in [-0.15, -0.1) is 0 Å². The number of hydrogen-bond donors (Lipinski definition) is 0. The van der Waals surface area contributed by atoms with Crippen LogP contribution in [-0.4, -0.2) is 23.3 Å². The number of halogens is 2. The molecule has 0 N–H and O–H groups in total. The molecule has 2 aromatic carbocycles. The maximum absolute atomic E-state index is 12.3. The van der Waals surface area contributed by atoms with Gasteiger partial charge < -0.3 is 9.64 Å². The normalized spacial score (nSPS) is 16.6. The highest BCUT2D eigenvalue weighted by Crippen LogP contribution is 2.34. The average molecular weight is 395 g/mol. The van der Waals surface area contributed by atoms with Crippen LogP contribution in [0.25, 0.3) is 0 Å². The molecule has 0 saturated carbocycles. The molecule has 0 aromatic heterocycles. The van der Waals surface area contributed by atoms with E-state index in [1.807, 2.05) is 0 Å². The van der Waals surface area contributed by atoms with Crippen molar-refractivity contribution < 1.29 is 19.2 Å². The average Bonchev–Trinajstić information content (AvgIpc) is 2.99. The van der Waals surface area contributed by atoms with Gasteiger partial charge in [0.25, 0.3) is 5.69 Å². The first-order valence-electron chi connectivity index (χ1n) is 7.56. The quantitative estimate of drug-likeness (QED) is 0.339. The van der Waals surface area contributed by atoms with Gasteiger partial charge in [-0.3, -0.25) is 19.7 Å². The SMILES string of the molecule is O=C(Oc1ccc([N+](=O)[O-])cc1)[C@H]1CC(=O)N(c2cc(Cl)ccc2Cl)C1. The Morgan fingerprint density at radius 1 is 1.19 bits per heavy atom. The number of carbonyl (C=O) groups is 2. The van der Waals surface area contributed by atoms with Gasteiger partial charge in [-0.2, -0.15) is 0 Å². The number of ether oxygens (including phenoxy) is 1. The predicted octanol–water partition coefficient (Wildman–Crippen LogP) is 3.86. The number of rotatable bonds is 4. The third-order valence-corrected chi connectivity index (χ3v) is 4.48. The molecule has 3 rings (SSSR count). The molecule has 1 fully saturated rings. The number of anilines is 1. The van der Waals surface area contributed by atoms with Crippen molar-refractivity contribution in [3.63, 3.8) is 0 Å². The van der Waals surface area contributed by atoms with Crippen molar-refractivity contribution in [1.29, 1.82) is 0 Å². The van der Waals surface area contributed by atoms with Crippen LogP contribution in [0.2, 0.25) is 10.0 Å². The molecule has 26 heavy (non-hydrogen) atoms. The number of benzene rings is 2. The molecule has 1 atom stereocenters. The van der Waals surface area contributed by atoms with Gasteiger partial charge in [-0.1, -0.05) is 23.2 Å². The van der Waals surface area contributed by atoms with Crippen LogP contribution in [0, 0.1) is 16.0 Å². The van der Waals surface area contributed by atoms with Gasteiger partial charge in [0, 0.05) is 30.1 Å². The zero-order valence-electron chi connectivity index (χ0n) is 13.2. The minimum absolute atomic E-state index is 0.0192. The van der Waals surface area contributed by atoms with Crippen molar-refractivity contribution in [2.75, 3.05) is 11.4 Å². The van der Waals surface area contributed by atoms with Gasteiger partial charge in [0.05, 0.1) is 21.6 Å². The second kappa shape index (κ2) is 7.31. The smallest absolute Gasteiger partial charge is 0.316 e. The summed E-state index contributed by atoms with van der Waals surface area (Å²) in [5, 5.41) is 11.4. The van der Waals surface area contributed by atoms with E-state index in [0.717, 1.165) is 0 Å². The van der Waals surface area contributed by atoms with E-state index >= 15 is 0 Å². The first-order chi connectivity index (χ1) is 12.3. The van der Waals surface area contributed by atoms with E-state index in [0.29, 0.717) is 15.7 Å². The Kier molecular flexibility index (Phi) is 5.11. The van der Waals surface area contributed by atoms with Crippen LogP contribution in [0.1, 0.15) is 6.42 Å². The third-order valence-electron chi connectivity index (χ3n) is 3.92. The molecular weight excluding hydrogens is 383 g/mol. The minimum Gasteiger partial charge on any atom is -0.426 e. The van der Waals surface area contributed by atoms with Gasteiger partial charge in [-0.25, -0.2) is 0 Å². The summed E-state index contributed by atoms with van der Waals surface area (Å²) in [7, 11) is 0. The van der Waals surface area contributed by atoms with Crippen molar-refractivity contribution in [1.82, 2.24) is 0 Å². The fourth-order valence-electron chi connectivity index (χ4n) is 2.63. The molecule has 9 heteroatoms.